The Morgan fingerprint density at radius 1 is 1.00 bits per heavy atom. The van der Waals surface area contributed by atoms with Gasteiger partial charge in [-0.25, -0.2) is 0 Å². The van der Waals surface area contributed by atoms with E-state index in [-0.39, 0.29) is 31.1 Å². The van der Waals surface area contributed by atoms with Gasteiger partial charge in [-0.3, -0.25) is 14.5 Å². The molecule has 2 rings (SSSR count). The summed E-state index contributed by atoms with van der Waals surface area (Å²) in [5.41, 5.74) is 0.672. The van der Waals surface area contributed by atoms with Crippen molar-refractivity contribution in [1.82, 2.24) is 14.7 Å². The largest absolute Gasteiger partial charge is 0.397 e. The maximum Gasteiger partial charge on any atom is 0.397 e. The van der Waals surface area contributed by atoms with Gasteiger partial charge in [0, 0.05) is 38.3 Å². The van der Waals surface area contributed by atoms with Gasteiger partial charge < -0.3 is 9.80 Å². The molecule has 0 unspecified atom stereocenters. The minimum Gasteiger partial charge on any atom is -0.340 e. The van der Waals surface area contributed by atoms with Crippen LogP contribution in [0.4, 0.5) is 13.2 Å². The van der Waals surface area contributed by atoms with E-state index in [0.29, 0.717) is 19.6 Å². The molecule has 8 heteroatoms. The van der Waals surface area contributed by atoms with E-state index in [1.807, 2.05) is 60.9 Å². The number of hydrogen-bond acceptors (Lipinski definition) is 3. The molecular formula is C20H28F3N3O2. The van der Waals surface area contributed by atoms with Crippen LogP contribution in [0.15, 0.2) is 30.3 Å². The minimum atomic E-state index is -4.49. The van der Waals surface area contributed by atoms with Crippen molar-refractivity contribution in [3.8, 4) is 0 Å². The lowest BCUT2D eigenvalue weighted by molar-refractivity contribution is -0.162. The highest BCUT2D eigenvalue weighted by Gasteiger charge is 2.35. The number of piperazine rings is 1. The summed E-state index contributed by atoms with van der Waals surface area (Å²) in [5, 5.41) is 0. The van der Waals surface area contributed by atoms with E-state index in [0.717, 1.165) is 5.56 Å². The average molecular weight is 399 g/mol. The Hall–Kier alpha value is -2.09. The first kappa shape index (κ1) is 22.2. The first-order chi connectivity index (χ1) is 13.0. The standard InChI is InChI=1S/C20H28F3N3O2/c1-19(2,3)26(14-16-7-5-4-6-8-16)18(28)15-24-9-11-25(12-10-24)17(27)13-20(21,22)23/h4-8H,9-15H2,1-3H3. The molecule has 28 heavy (non-hydrogen) atoms. The van der Waals surface area contributed by atoms with Gasteiger partial charge >= 0.3 is 6.18 Å². The van der Waals surface area contributed by atoms with Crippen LogP contribution in [-0.2, 0) is 16.1 Å². The molecule has 1 aromatic carbocycles. The van der Waals surface area contributed by atoms with Crippen LogP contribution in [0.2, 0.25) is 0 Å². The third kappa shape index (κ3) is 6.82. The monoisotopic (exact) mass is 399 g/mol. The van der Waals surface area contributed by atoms with Crippen molar-refractivity contribution in [2.75, 3.05) is 32.7 Å². The molecule has 0 bridgehead atoms. The molecule has 0 aromatic heterocycles. The molecule has 0 radical (unpaired) electrons. The first-order valence-corrected chi connectivity index (χ1v) is 9.37. The number of amides is 2. The molecule has 0 atom stereocenters. The summed E-state index contributed by atoms with van der Waals surface area (Å²) >= 11 is 0. The Morgan fingerprint density at radius 2 is 1.57 bits per heavy atom. The zero-order valence-electron chi connectivity index (χ0n) is 16.6. The molecule has 1 aromatic rings. The summed E-state index contributed by atoms with van der Waals surface area (Å²) in [5.74, 6) is -0.940. The quantitative estimate of drug-likeness (QED) is 0.765. The lowest BCUT2D eigenvalue weighted by Crippen LogP contribution is -2.54. The van der Waals surface area contributed by atoms with Crippen LogP contribution in [-0.4, -0.2) is 71.0 Å². The van der Waals surface area contributed by atoms with E-state index in [2.05, 4.69) is 0 Å². The maximum atomic E-state index is 12.9. The summed E-state index contributed by atoms with van der Waals surface area (Å²) in [6, 6.07) is 9.72. The van der Waals surface area contributed by atoms with Crippen LogP contribution >= 0.6 is 0 Å². The Bertz CT molecular complexity index is 664. The third-order valence-electron chi connectivity index (χ3n) is 4.73. The fourth-order valence-corrected chi connectivity index (χ4v) is 3.18. The minimum absolute atomic E-state index is 0.0357. The van der Waals surface area contributed by atoms with Crippen molar-refractivity contribution >= 4 is 11.8 Å². The van der Waals surface area contributed by atoms with Crippen molar-refractivity contribution in [2.24, 2.45) is 0 Å². The van der Waals surface area contributed by atoms with Gasteiger partial charge in [0.15, 0.2) is 0 Å². The molecule has 0 saturated carbocycles. The Morgan fingerprint density at radius 3 is 2.07 bits per heavy atom. The van der Waals surface area contributed by atoms with Crippen molar-refractivity contribution in [1.29, 1.82) is 0 Å². The summed E-state index contributed by atoms with van der Waals surface area (Å²) in [7, 11) is 0. The van der Waals surface area contributed by atoms with Gasteiger partial charge in [-0.1, -0.05) is 30.3 Å². The second-order valence-electron chi connectivity index (χ2n) is 8.09. The molecule has 0 N–H and O–H groups in total. The normalized spacial score (nSPS) is 16.1. The van der Waals surface area contributed by atoms with Gasteiger partial charge in [0.25, 0.3) is 0 Å². The highest BCUT2D eigenvalue weighted by Crippen LogP contribution is 2.22. The topological polar surface area (TPSA) is 43.9 Å². The number of carbonyl (C=O) groups excluding carboxylic acids is 2. The lowest BCUT2D eigenvalue weighted by Gasteiger charge is -2.39. The highest BCUT2D eigenvalue weighted by molar-refractivity contribution is 5.79. The van der Waals surface area contributed by atoms with E-state index in [9.17, 15) is 22.8 Å². The smallest absolute Gasteiger partial charge is 0.340 e. The van der Waals surface area contributed by atoms with Crippen LogP contribution in [0.3, 0.4) is 0 Å². The zero-order chi connectivity index (χ0) is 20.9. The molecule has 5 nitrogen and oxygen atoms in total. The fourth-order valence-electron chi connectivity index (χ4n) is 3.18. The molecule has 1 heterocycles. The van der Waals surface area contributed by atoms with Gasteiger partial charge in [-0.15, -0.1) is 0 Å². The number of carbonyl (C=O) groups is 2. The van der Waals surface area contributed by atoms with Crippen LogP contribution in [0.5, 0.6) is 0 Å². The molecule has 1 saturated heterocycles. The average Bonchev–Trinajstić information content (AvgIpc) is 2.58. The first-order valence-electron chi connectivity index (χ1n) is 9.37. The molecule has 2 amide bonds. The second-order valence-corrected chi connectivity index (χ2v) is 8.09. The van der Waals surface area contributed by atoms with Crippen molar-refractivity contribution in [3.63, 3.8) is 0 Å². The van der Waals surface area contributed by atoms with Gasteiger partial charge in [-0.05, 0) is 26.3 Å². The predicted octanol–water partition coefficient (Wildman–Crippen LogP) is 2.91. The van der Waals surface area contributed by atoms with E-state index in [1.165, 1.54) is 4.90 Å². The van der Waals surface area contributed by atoms with Crippen LogP contribution in [0.25, 0.3) is 0 Å². The van der Waals surface area contributed by atoms with Gasteiger partial charge in [0.05, 0.1) is 6.54 Å². The number of halogens is 3. The zero-order valence-corrected chi connectivity index (χ0v) is 16.6. The molecule has 0 aliphatic carbocycles. The Kier molecular flexibility index (Phi) is 7.09. The van der Waals surface area contributed by atoms with Crippen molar-refractivity contribution < 1.29 is 22.8 Å². The van der Waals surface area contributed by atoms with E-state index < -0.39 is 18.5 Å². The van der Waals surface area contributed by atoms with Gasteiger partial charge in [0.2, 0.25) is 11.8 Å². The SMILES string of the molecule is CC(C)(C)N(Cc1ccccc1)C(=O)CN1CCN(C(=O)CC(F)(F)F)CC1. The molecule has 0 spiro atoms. The number of rotatable bonds is 5. The van der Waals surface area contributed by atoms with Crippen LogP contribution < -0.4 is 0 Å². The molecular weight excluding hydrogens is 371 g/mol. The number of hydrogen-bond donors (Lipinski definition) is 0. The number of nitrogens with zero attached hydrogens (tertiary/aromatic N) is 3. The van der Waals surface area contributed by atoms with E-state index in [1.54, 1.807) is 0 Å². The lowest BCUT2D eigenvalue weighted by atomic mass is 10.0. The second kappa shape index (κ2) is 8.94. The summed E-state index contributed by atoms with van der Waals surface area (Å²) in [6.45, 7) is 7.79. The summed E-state index contributed by atoms with van der Waals surface area (Å²) in [4.78, 5) is 29.5. The summed E-state index contributed by atoms with van der Waals surface area (Å²) in [6.07, 6.45) is -5.92. The molecule has 1 aliphatic heterocycles. The van der Waals surface area contributed by atoms with Crippen molar-refractivity contribution in [2.45, 2.75) is 45.5 Å². The molecule has 1 fully saturated rings. The molecule has 1 aliphatic rings. The fraction of sp³-hybridized carbons (Fsp3) is 0.600. The third-order valence-corrected chi connectivity index (χ3v) is 4.73. The highest BCUT2D eigenvalue weighted by atomic mass is 19.4. The van der Waals surface area contributed by atoms with Crippen molar-refractivity contribution in [3.05, 3.63) is 35.9 Å². The Balaban J connectivity index is 1.91. The van der Waals surface area contributed by atoms with E-state index >= 15 is 0 Å². The van der Waals surface area contributed by atoms with Crippen LogP contribution in [0, 0.1) is 0 Å². The Labute approximate surface area is 164 Å². The molecule has 156 valence electrons. The number of alkyl halides is 3. The van der Waals surface area contributed by atoms with Gasteiger partial charge in [0.1, 0.15) is 6.42 Å². The maximum absolute atomic E-state index is 12.9. The van der Waals surface area contributed by atoms with Crippen LogP contribution in [0.1, 0.15) is 32.8 Å². The summed E-state index contributed by atoms with van der Waals surface area (Å²) < 4.78 is 37.1. The predicted molar refractivity (Wildman–Crippen MR) is 100 cm³/mol. The number of benzene rings is 1. The van der Waals surface area contributed by atoms with Gasteiger partial charge in [-0.2, -0.15) is 13.2 Å². The van der Waals surface area contributed by atoms with E-state index in [4.69, 9.17) is 0 Å².